The fourth-order valence-corrected chi connectivity index (χ4v) is 3.49. The van der Waals surface area contributed by atoms with E-state index >= 15 is 0 Å². The van der Waals surface area contributed by atoms with E-state index in [-0.39, 0.29) is 12.5 Å². The Kier molecular flexibility index (Phi) is 4.63. The molecule has 6 heteroatoms. The number of anilines is 1. The molecule has 6 nitrogen and oxygen atoms in total. The fourth-order valence-electron chi connectivity index (χ4n) is 3.49. The number of carbonyl (C=O) groups is 1. The number of hydrogen-bond donors (Lipinski definition) is 2. The molecule has 0 saturated carbocycles. The molecule has 0 bridgehead atoms. The number of nitrogens with one attached hydrogen (secondary N) is 1. The smallest absolute Gasteiger partial charge is 0.256 e. The van der Waals surface area contributed by atoms with E-state index in [4.69, 9.17) is 4.74 Å². The van der Waals surface area contributed by atoms with Gasteiger partial charge in [-0.1, -0.05) is 6.07 Å². The molecule has 136 valence electrons. The Morgan fingerprint density at radius 1 is 1.23 bits per heavy atom. The monoisotopic (exact) mass is 353 g/mol. The maximum absolute atomic E-state index is 12.4. The van der Waals surface area contributed by atoms with Crippen LogP contribution in [0.2, 0.25) is 0 Å². The van der Waals surface area contributed by atoms with Gasteiger partial charge in [0.25, 0.3) is 5.91 Å². The summed E-state index contributed by atoms with van der Waals surface area (Å²) in [5.74, 6) is -0.106. The minimum absolute atomic E-state index is 0.0391. The van der Waals surface area contributed by atoms with Crippen LogP contribution in [0.25, 0.3) is 11.6 Å². The maximum atomic E-state index is 12.4. The first-order chi connectivity index (χ1) is 12.7. The Morgan fingerprint density at radius 3 is 2.81 bits per heavy atom. The summed E-state index contributed by atoms with van der Waals surface area (Å²) < 4.78 is 7.53. The quantitative estimate of drug-likeness (QED) is 0.823. The summed E-state index contributed by atoms with van der Waals surface area (Å²) in [6.45, 7) is 4.29. The van der Waals surface area contributed by atoms with Crippen molar-refractivity contribution in [2.75, 3.05) is 31.6 Å². The molecule has 1 saturated heterocycles. The molecule has 1 fully saturated rings. The molecule has 2 aromatic rings. The predicted octanol–water partition coefficient (Wildman–Crippen LogP) is 1.84. The number of hydrogen-bond acceptors (Lipinski definition) is 4. The van der Waals surface area contributed by atoms with Crippen molar-refractivity contribution in [3.05, 3.63) is 52.8 Å². The van der Waals surface area contributed by atoms with Gasteiger partial charge in [-0.15, -0.1) is 0 Å². The lowest BCUT2D eigenvalue weighted by molar-refractivity contribution is -0.110. The molecule has 2 aliphatic heterocycles. The molecule has 0 unspecified atom stereocenters. The number of aliphatic hydroxyl groups is 1. The molecule has 0 spiro atoms. The van der Waals surface area contributed by atoms with Crippen molar-refractivity contribution in [3.8, 4) is 0 Å². The molecule has 26 heavy (non-hydrogen) atoms. The molecule has 0 radical (unpaired) electrons. The highest BCUT2D eigenvalue weighted by atomic mass is 16.5. The summed E-state index contributed by atoms with van der Waals surface area (Å²) >= 11 is 0. The minimum atomic E-state index is -0.106. The van der Waals surface area contributed by atoms with E-state index in [1.165, 1.54) is 5.69 Å². The number of ether oxygens (including phenoxy) is 1. The first kappa shape index (κ1) is 17.0. The Bertz CT molecular complexity index is 863. The van der Waals surface area contributed by atoms with Crippen molar-refractivity contribution in [3.63, 3.8) is 0 Å². The molecule has 0 atom stereocenters. The molecule has 0 aliphatic carbocycles. The number of amides is 1. The normalized spacial score (nSPS) is 19.0. The van der Waals surface area contributed by atoms with Gasteiger partial charge in [-0.2, -0.15) is 0 Å². The Hall–Kier alpha value is -2.41. The zero-order valence-corrected chi connectivity index (χ0v) is 14.9. The molecule has 1 aromatic carbocycles. The van der Waals surface area contributed by atoms with Crippen LogP contribution in [0.1, 0.15) is 22.5 Å². The summed E-state index contributed by atoms with van der Waals surface area (Å²) in [5.41, 5.74) is 5.27. The van der Waals surface area contributed by atoms with Crippen LogP contribution in [0, 0.1) is 0 Å². The molecule has 1 amide bonds. The van der Waals surface area contributed by atoms with Crippen LogP contribution in [-0.4, -0.2) is 46.8 Å². The first-order valence-corrected chi connectivity index (χ1v) is 8.87. The lowest BCUT2D eigenvalue weighted by atomic mass is 10.0. The zero-order chi connectivity index (χ0) is 18.1. The lowest BCUT2D eigenvalue weighted by Gasteiger charge is -2.26. The summed E-state index contributed by atoms with van der Waals surface area (Å²) in [5, 5.41) is 12.3. The number of benzene rings is 1. The van der Waals surface area contributed by atoms with Crippen LogP contribution >= 0.6 is 0 Å². The maximum Gasteiger partial charge on any atom is 0.256 e. The van der Waals surface area contributed by atoms with Crippen molar-refractivity contribution in [1.82, 2.24) is 9.47 Å². The predicted molar refractivity (Wildman–Crippen MR) is 100 cm³/mol. The van der Waals surface area contributed by atoms with Gasteiger partial charge in [0.05, 0.1) is 25.4 Å². The highest BCUT2D eigenvalue weighted by molar-refractivity contribution is 6.34. The molecule has 1 aromatic heterocycles. The second-order valence-corrected chi connectivity index (χ2v) is 6.75. The van der Waals surface area contributed by atoms with Gasteiger partial charge in [-0.3, -0.25) is 9.69 Å². The number of carbonyl (C=O) groups excluding carboxylic acids is 1. The van der Waals surface area contributed by atoms with Gasteiger partial charge < -0.3 is 19.7 Å². The number of nitrogens with zero attached hydrogens (tertiary/aromatic N) is 2. The molecule has 2 N–H and O–H groups in total. The highest BCUT2D eigenvalue weighted by Crippen LogP contribution is 2.34. The third kappa shape index (κ3) is 3.19. The molecule has 2 aliphatic rings. The topological polar surface area (TPSA) is 66.7 Å². The van der Waals surface area contributed by atoms with Crippen molar-refractivity contribution >= 4 is 23.2 Å². The number of rotatable bonds is 4. The van der Waals surface area contributed by atoms with Crippen molar-refractivity contribution in [1.29, 1.82) is 0 Å². The van der Waals surface area contributed by atoms with E-state index in [1.807, 2.05) is 37.4 Å². The largest absolute Gasteiger partial charge is 0.392 e. The number of aliphatic hydroxyl groups excluding tert-OH is 1. The molecule has 4 rings (SSSR count). The second kappa shape index (κ2) is 7.07. The van der Waals surface area contributed by atoms with Crippen LogP contribution in [0.15, 0.2) is 30.3 Å². The standard InChI is InChI=1S/C20H23N3O3/c1-22-15(3-4-16(22)12-23-6-8-26-9-7-23)11-18-17-10-14(13-24)2-5-19(17)21-20(18)25/h2-5,10-11,24H,6-9,12-13H2,1H3,(H,21,25)/b18-11+. The Morgan fingerprint density at radius 2 is 2.04 bits per heavy atom. The summed E-state index contributed by atoms with van der Waals surface area (Å²) in [6, 6.07) is 9.69. The third-order valence-electron chi connectivity index (χ3n) is 5.10. The zero-order valence-electron chi connectivity index (χ0n) is 14.9. The van der Waals surface area contributed by atoms with Gasteiger partial charge in [0.2, 0.25) is 0 Å². The second-order valence-electron chi connectivity index (χ2n) is 6.75. The summed E-state index contributed by atoms with van der Waals surface area (Å²) in [4.78, 5) is 14.8. The van der Waals surface area contributed by atoms with Gasteiger partial charge in [0.15, 0.2) is 0 Å². The van der Waals surface area contributed by atoms with Gasteiger partial charge in [0, 0.05) is 49.3 Å². The average molecular weight is 353 g/mol. The molecular weight excluding hydrogens is 330 g/mol. The summed E-state index contributed by atoms with van der Waals surface area (Å²) in [6.07, 6.45) is 1.92. The Balaban J connectivity index is 1.62. The van der Waals surface area contributed by atoms with E-state index in [0.29, 0.717) is 5.57 Å². The van der Waals surface area contributed by atoms with Crippen molar-refractivity contribution in [2.45, 2.75) is 13.2 Å². The van der Waals surface area contributed by atoms with Crippen molar-refractivity contribution in [2.24, 2.45) is 7.05 Å². The van der Waals surface area contributed by atoms with Gasteiger partial charge >= 0.3 is 0 Å². The van der Waals surface area contributed by atoms with Gasteiger partial charge in [0.1, 0.15) is 0 Å². The van der Waals surface area contributed by atoms with Gasteiger partial charge in [-0.05, 0) is 35.9 Å². The molecular formula is C20H23N3O3. The first-order valence-electron chi connectivity index (χ1n) is 8.87. The van der Waals surface area contributed by atoms with Crippen LogP contribution < -0.4 is 5.32 Å². The Labute approximate surface area is 152 Å². The van der Waals surface area contributed by atoms with Crippen LogP contribution in [-0.2, 0) is 29.7 Å². The average Bonchev–Trinajstić information content (AvgIpc) is 3.16. The number of morpholine rings is 1. The SMILES string of the molecule is Cn1c(/C=C2/C(=O)Nc3ccc(CO)cc32)ccc1CN1CCOCC1. The van der Waals surface area contributed by atoms with Crippen LogP contribution in [0.3, 0.4) is 0 Å². The van der Waals surface area contributed by atoms with Crippen LogP contribution in [0.5, 0.6) is 0 Å². The lowest BCUT2D eigenvalue weighted by Crippen LogP contribution is -2.36. The van der Waals surface area contributed by atoms with E-state index in [2.05, 4.69) is 20.9 Å². The van der Waals surface area contributed by atoms with Crippen LogP contribution in [0.4, 0.5) is 5.69 Å². The van der Waals surface area contributed by atoms with E-state index in [0.717, 1.165) is 55.4 Å². The van der Waals surface area contributed by atoms with E-state index < -0.39 is 0 Å². The number of aromatic nitrogens is 1. The van der Waals surface area contributed by atoms with Crippen molar-refractivity contribution < 1.29 is 14.6 Å². The molecule has 3 heterocycles. The van der Waals surface area contributed by atoms with E-state index in [9.17, 15) is 9.90 Å². The highest BCUT2D eigenvalue weighted by Gasteiger charge is 2.24. The van der Waals surface area contributed by atoms with Gasteiger partial charge in [-0.25, -0.2) is 0 Å². The summed E-state index contributed by atoms with van der Waals surface area (Å²) in [7, 11) is 2.03. The fraction of sp³-hybridized carbons (Fsp3) is 0.350. The number of fused-ring (bicyclic) bond motifs is 1. The van der Waals surface area contributed by atoms with E-state index in [1.54, 1.807) is 0 Å². The minimum Gasteiger partial charge on any atom is -0.392 e. The third-order valence-corrected chi connectivity index (χ3v) is 5.10.